The number of thiophene rings is 1. The van der Waals surface area contributed by atoms with Crippen molar-refractivity contribution < 1.29 is 4.42 Å². The normalized spacial score (nSPS) is 17.1. The molecule has 2 aliphatic heterocycles. The Morgan fingerprint density at radius 1 is 0.574 bits per heavy atom. The first kappa shape index (κ1) is 39.4. The third-order valence-corrected chi connectivity index (χ3v) is 18.5. The van der Waals surface area contributed by atoms with Crippen LogP contribution in [0.2, 0.25) is 0 Å². The van der Waals surface area contributed by atoms with Gasteiger partial charge < -0.3 is 13.8 Å². The number of aromatic nitrogens is 1. The Hall–Kier alpha value is -6.56. The van der Waals surface area contributed by atoms with Crippen molar-refractivity contribution in [3.63, 3.8) is 0 Å². The van der Waals surface area contributed by atoms with Gasteiger partial charge in [0, 0.05) is 75.3 Å². The van der Waals surface area contributed by atoms with Gasteiger partial charge in [0.1, 0.15) is 11.2 Å². The summed E-state index contributed by atoms with van der Waals surface area (Å²) in [5, 5.41) is 7.69. The van der Waals surface area contributed by atoms with E-state index in [0.29, 0.717) is 0 Å². The molecule has 11 aromatic rings. The number of furan rings is 1. The molecule has 0 saturated heterocycles. The first-order valence-corrected chi connectivity index (χ1v) is 25.6. The molecule has 68 heavy (non-hydrogen) atoms. The van der Waals surface area contributed by atoms with E-state index in [4.69, 9.17) is 4.42 Å². The molecule has 330 valence electrons. The number of hydrogen-bond donors (Lipinski definition) is 0. The summed E-state index contributed by atoms with van der Waals surface area (Å²) in [6.45, 7) is 21.5. The minimum Gasteiger partial charge on any atom is -0.455 e. The van der Waals surface area contributed by atoms with Gasteiger partial charge in [-0.25, -0.2) is 0 Å². The first-order valence-electron chi connectivity index (χ1n) is 24.7. The Morgan fingerprint density at radius 2 is 1.28 bits per heavy atom. The van der Waals surface area contributed by atoms with Crippen molar-refractivity contribution in [2.45, 2.75) is 96.8 Å². The van der Waals surface area contributed by atoms with Crippen molar-refractivity contribution in [3.8, 4) is 27.9 Å². The monoisotopic (exact) mass is 896 g/mol. The maximum atomic E-state index is 7.44. The van der Waals surface area contributed by atoms with E-state index >= 15 is 0 Å². The molecule has 3 aromatic heterocycles. The molecule has 2 aliphatic carbocycles. The molecular weight excluding hydrogens is 844 g/mol. The SMILES string of the molecule is CC(C)(C)c1ccc(N2B3c4cc5c(cc4-n4c6cc7c(cc6c6c8c(oc9ccccc98)c(c3c64)-c3cc4c(cc32)-c2ccccc2C4(C)C)C(C)(C)CCC7(C)C)sc2ccccc25)cc1. The van der Waals surface area contributed by atoms with Crippen LogP contribution in [-0.4, -0.2) is 11.4 Å². The lowest BCUT2D eigenvalue weighted by Gasteiger charge is -2.43. The minimum atomic E-state index is -0.183. The summed E-state index contributed by atoms with van der Waals surface area (Å²) < 4.78 is 12.8. The second-order valence-electron chi connectivity index (χ2n) is 23.5. The summed E-state index contributed by atoms with van der Waals surface area (Å²) in [6, 6.07) is 52.0. The van der Waals surface area contributed by atoms with Gasteiger partial charge in [0.25, 0.3) is 0 Å². The summed E-state index contributed by atoms with van der Waals surface area (Å²) in [6.07, 6.45) is 2.33. The minimum absolute atomic E-state index is 0.0202. The van der Waals surface area contributed by atoms with Crippen molar-refractivity contribution in [2.75, 3.05) is 4.81 Å². The molecule has 0 N–H and O–H groups in total. The maximum Gasteiger partial charge on any atom is 0.333 e. The Morgan fingerprint density at radius 3 is 2.06 bits per heavy atom. The lowest BCUT2D eigenvalue weighted by molar-refractivity contribution is 0.332. The van der Waals surface area contributed by atoms with E-state index in [-0.39, 0.29) is 28.5 Å². The summed E-state index contributed by atoms with van der Waals surface area (Å²) in [7, 11) is 0. The van der Waals surface area contributed by atoms with Gasteiger partial charge in [0.15, 0.2) is 0 Å². The second-order valence-corrected chi connectivity index (χ2v) is 24.6. The van der Waals surface area contributed by atoms with Gasteiger partial charge in [0.05, 0.1) is 11.0 Å². The van der Waals surface area contributed by atoms with Crippen LogP contribution in [-0.2, 0) is 21.7 Å². The van der Waals surface area contributed by atoms with Gasteiger partial charge >= 0.3 is 6.85 Å². The number of hydrogen-bond acceptors (Lipinski definition) is 3. The molecular formula is C63H53BN2OS. The summed E-state index contributed by atoms with van der Waals surface area (Å²) in [5.74, 6) is 0. The Bertz CT molecular complexity index is 4110. The van der Waals surface area contributed by atoms with Gasteiger partial charge in [-0.15, -0.1) is 11.3 Å². The van der Waals surface area contributed by atoms with Crippen LogP contribution >= 0.6 is 11.3 Å². The summed E-state index contributed by atoms with van der Waals surface area (Å²) >= 11 is 1.92. The molecule has 0 atom stereocenters. The van der Waals surface area contributed by atoms with Gasteiger partial charge in [-0.2, -0.15) is 0 Å². The number of anilines is 2. The molecule has 0 saturated carbocycles. The van der Waals surface area contributed by atoms with E-state index < -0.39 is 0 Å². The van der Waals surface area contributed by atoms with Gasteiger partial charge in [0.2, 0.25) is 0 Å². The molecule has 0 bridgehead atoms. The number of rotatable bonds is 1. The predicted molar refractivity (Wildman–Crippen MR) is 292 cm³/mol. The number of fused-ring (bicyclic) bond motifs is 20. The molecule has 5 heterocycles. The van der Waals surface area contributed by atoms with E-state index in [1.54, 1.807) is 0 Å². The largest absolute Gasteiger partial charge is 0.455 e. The molecule has 5 heteroatoms. The molecule has 0 radical (unpaired) electrons. The number of nitrogens with zero attached hydrogens (tertiary/aromatic N) is 2. The Labute approximate surface area is 402 Å². The van der Waals surface area contributed by atoms with Crippen LogP contribution in [0.15, 0.2) is 138 Å². The van der Waals surface area contributed by atoms with E-state index in [9.17, 15) is 0 Å². The molecule has 0 spiro atoms. The third kappa shape index (κ3) is 4.81. The highest BCUT2D eigenvalue weighted by Gasteiger charge is 2.49. The molecule has 15 rings (SSSR count). The number of para-hydroxylation sites is 1. The third-order valence-electron chi connectivity index (χ3n) is 17.4. The topological polar surface area (TPSA) is 21.3 Å². The molecule has 0 amide bonds. The fraction of sp³-hybridized carbons (Fsp3) is 0.238. The van der Waals surface area contributed by atoms with Crippen molar-refractivity contribution in [2.24, 2.45) is 0 Å². The fourth-order valence-corrected chi connectivity index (χ4v) is 14.8. The quantitative estimate of drug-likeness (QED) is 0.153. The Balaban J connectivity index is 1.20. The van der Waals surface area contributed by atoms with Gasteiger partial charge in [-0.3, -0.25) is 0 Å². The highest BCUT2D eigenvalue weighted by Crippen LogP contribution is 2.58. The molecule has 0 unspecified atom stereocenters. The van der Waals surface area contributed by atoms with Crippen molar-refractivity contribution in [3.05, 3.63) is 161 Å². The smallest absolute Gasteiger partial charge is 0.333 e. The molecule has 8 aromatic carbocycles. The molecule has 3 nitrogen and oxygen atoms in total. The zero-order valence-electron chi connectivity index (χ0n) is 40.4. The zero-order valence-corrected chi connectivity index (χ0v) is 41.2. The zero-order chi connectivity index (χ0) is 46.1. The van der Waals surface area contributed by atoms with Gasteiger partial charge in [-0.05, 0) is 134 Å². The van der Waals surface area contributed by atoms with E-state index in [1.807, 2.05) is 11.3 Å². The first-order chi connectivity index (χ1) is 32.6. The lowest BCUT2D eigenvalue weighted by Crippen LogP contribution is -2.60. The molecule has 4 aliphatic rings. The molecule has 0 fully saturated rings. The maximum absolute atomic E-state index is 7.44. The van der Waals surface area contributed by atoms with Gasteiger partial charge in [-0.1, -0.05) is 141 Å². The van der Waals surface area contributed by atoms with Crippen LogP contribution in [0.5, 0.6) is 0 Å². The predicted octanol–water partition coefficient (Wildman–Crippen LogP) is 16.2. The van der Waals surface area contributed by atoms with Crippen LogP contribution in [0.1, 0.15) is 103 Å². The van der Waals surface area contributed by atoms with E-state index in [0.717, 1.165) is 24.0 Å². The van der Waals surface area contributed by atoms with E-state index in [1.165, 1.54) is 131 Å². The summed E-state index contributed by atoms with van der Waals surface area (Å²) in [5.41, 5.74) is 23.0. The van der Waals surface area contributed by atoms with Crippen LogP contribution < -0.4 is 15.7 Å². The average Bonchev–Trinajstić information content (AvgIpc) is 4.05. The highest BCUT2D eigenvalue weighted by molar-refractivity contribution is 7.26. The van der Waals surface area contributed by atoms with E-state index in [2.05, 4.69) is 205 Å². The van der Waals surface area contributed by atoms with Crippen molar-refractivity contribution in [1.82, 2.24) is 4.57 Å². The highest BCUT2D eigenvalue weighted by atomic mass is 32.1. The fourth-order valence-electron chi connectivity index (χ4n) is 13.6. The lowest BCUT2D eigenvalue weighted by atomic mass is 9.43. The van der Waals surface area contributed by atoms with Crippen LogP contribution in [0.4, 0.5) is 11.4 Å². The standard InChI is InChI=1S/C63H53BN2OS/c1-60(2,3)34-22-24-35(25-23-34)66-49-31-39-36-16-10-13-19-43(36)63(8,9)44(39)28-42(49)56-57-58-54(55-38-18-11-14-20-51(38)67-59(55)56)41-29-45-46(62(6,7)27-26-61(45,4)5)32-48(41)65(58)50-33-53-40(30-47(50)64(57)66)37-17-12-15-21-52(37)68-53/h10-25,28-33H,26-27H2,1-9H3. The Kier molecular flexibility index (Phi) is 7.28. The average molecular weight is 897 g/mol. The number of benzene rings is 8. The summed E-state index contributed by atoms with van der Waals surface area (Å²) in [4.78, 5) is 2.73. The van der Waals surface area contributed by atoms with Crippen LogP contribution in [0.25, 0.3) is 91.9 Å². The second kappa shape index (κ2) is 12.6. The van der Waals surface area contributed by atoms with Crippen molar-refractivity contribution in [1.29, 1.82) is 0 Å². The van der Waals surface area contributed by atoms with Crippen LogP contribution in [0, 0.1) is 0 Å². The van der Waals surface area contributed by atoms with Crippen LogP contribution in [0.3, 0.4) is 0 Å². The van der Waals surface area contributed by atoms with Crippen molar-refractivity contribution >= 4 is 104 Å².